The van der Waals surface area contributed by atoms with E-state index in [9.17, 15) is 9.59 Å². The van der Waals surface area contributed by atoms with E-state index >= 15 is 0 Å². The van der Waals surface area contributed by atoms with Gasteiger partial charge in [-0.3, -0.25) is 9.59 Å². The predicted molar refractivity (Wildman–Crippen MR) is 96.9 cm³/mol. The highest BCUT2D eigenvalue weighted by Crippen LogP contribution is 2.16. The van der Waals surface area contributed by atoms with Gasteiger partial charge in [0.15, 0.2) is 0 Å². The van der Waals surface area contributed by atoms with Crippen LogP contribution in [0.5, 0.6) is 5.75 Å². The molecule has 3 aromatic rings. The number of carbonyl (C=O) groups excluding carboxylic acids is 1. The molecule has 0 radical (unpaired) electrons. The summed E-state index contributed by atoms with van der Waals surface area (Å²) < 4.78 is 5.36. The Balaban J connectivity index is 1.62. The molecule has 1 aromatic heterocycles. The number of aromatic amines is 1. The molecule has 6 heteroatoms. The first-order valence-corrected chi connectivity index (χ1v) is 8.16. The van der Waals surface area contributed by atoms with Crippen molar-refractivity contribution in [2.45, 2.75) is 19.8 Å². The Hall–Kier alpha value is -3.15. The van der Waals surface area contributed by atoms with Crippen LogP contribution in [0.4, 0.5) is 5.69 Å². The zero-order chi connectivity index (χ0) is 17.6. The minimum Gasteiger partial charge on any atom is -0.494 e. The van der Waals surface area contributed by atoms with Gasteiger partial charge in [-0.25, -0.2) is 4.98 Å². The number of hydrogen-bond donors (Lipinski definition) is 2. The Labute approximate surface area is 144 Å². The second kappa shape index (κ2) is 7.61. The Bertz CT molecular complexity index is 933. The first-order chi connectivity index (χ1) is 12.2. The maximum atomic E-state index is 12.1. The average molecular weight is 337 g/mol. The van der Waals surface area contributed by atoms with Crippen LogP contribution in [-0.4, -0.2) is 22.5 Å². The summed E-state index contributed by atoms with van der Waals surface area (Å²) in [7, 11) is 0. The van der Waals surface area contributed by atoms with E-state index in [2.05, 4.69) is 15.3 Å². The number of aromatic nitrogens is 2. The fraction of sp³-hybridized carbons (Fsp3) is 0.211. The van der Waals surface area contributed by atoms with E-state index in [0.717, 1.165) is 5.75 Å². The van der Waals surface area contributed by atoms with Gasteiger partial charge in [0.25, 0.3) is 5.56 Å². The van der Waals surface area contributed by atoms with Crippen LogP contribution in [-0.2, 0) is 11.2 Å². The number of aryl methyl sites for hydroxylation is 1. The number of para-hydroxylation sites is 2. The molecule has 6 nitrogen and oxygen atoms in total. The standard InChI is InChI=1S/C19H19N3O3/c1-2-25-14-9-7-13(8-10-14)20-18(23)12-11-17-19(24)22-16-6-4-3-5-15(16)21-17/h3-10H,2,11-12H2,1H3,(H,20,23)(H,22,24). The summed E-state index contributed by atoms with van der Waals surface area (Å²) in [5.41, 5.74) is 2.20. The monoisotopic (exact) mass is 337 g/mol. The Morgan fingerprint density at radius 1 is 1.16 bits per heavy atom. The van der Waals surface area contributed by atoms with Gasteiger partial charge in [-0.05, 0) is 43.3 Å². The van der Waals surface area contributed by atoms with Gasteiger partial charge in [-0.1, -0.05) is 12.1 Å². The second-order valence-corrected chi connectivity index (χ2v) is 5.54. The molecule has 0 saturated carbocycles. The number of hydrogen-bond acceptors (Lipinski definition) is 4. The zero-order valence-electron chi connectivity index (χ0n) is 13.9. The summed E-state index contributed by atoms with van der Waals surface area (Å²) >= 11 is 0. The molecule has 0 saturated heterocycles. The number of carbonyl (C=O) groups is 1. The number of nitrogens with zero attached hydrogens (tertiary/aromatic N) is 1. The fourth-order valence-electron chi connectivity index (χ4n) is 2.49. The van der Waals surface area contributed by atoms with Crippen LogP contribution in [0.1, 0.15) is 19.0 Å². The third-order valence-corrected chi connectivity index (χ3v) is 3.71. The molecule has 1 amide bonds. The molecule has 0 unspecified atom stereocenters. The summed E-state index contributed by atoms with van der Waals surface area (Å²) in [6.45, 7) is 2.51. The van der Waals surface area contributed by atoms with Gasteiger partial charge in [0, 0.05) is 18.5 Å². The molecule has 0 aliphatic carbocycles. The first kappa shape index (κ1) is 16.7. The summed E-state index contributed by atoms with van der Waals surface area (Å²) in [4.78, 5) is 31.3. The maximum Gasteiger partial charge on any atom is 0.270 e. The van der Waals surface area contributed by atoms with Crippen LogP contribution in [0.15, 0.2) is 53.3 Å². The van der Waals surface area contributed by atoms with Gasteiger partial charge in [-0.2, -0.15) is 0 Å². The number of anilines is 1. The highest BCUT2D eigenvalue weighted by atomic mass is 16.5. The van der Waals surface area contributed by atoms with Gasteiger partial charge in [0.05, 0.1) is 17.6 Å². The molecular formula is C19H19N3O3. The van der Waals surface area contributed by atoms with Crippen LogP contribution < -0.4 is 15.6 Å². The summed E-state index contributed by atoms with van der Waals surface area (Å²) in [6.07, 6.45) is 0.463. The Morgan fingerprint density at radius 2 is 1.92 bits per heavy atom. The molecule has 1 heterocycles. The van der Waals surface area contributed by atoms with Crippen LogP contribution in [0, 0.1) is 0 Å². The Morgan fingerprint density at radius 3 is 2.68 bits per heavy atom. The molecule has 2 aromatic carbocycles. The van der Waals surface area contributed by atoms with Crippen molar-refractivity contribution in [2.24, 2.45) is 0 Å². The zero-order valence-corrected chi connectivity index (χ0v) is 13.9. The lowest BCUT2D eigenvalue weighted by Gasteiger charge is -2.07. The van der Waals surface area contributed by atoms with Crippen molar-refractivity contribution in [3.63, 3.8) is 0 Å². The molecule has 0 atom stereocenters. The number of rotatable bonds is 6. The highest BCUT2D eigenvalue weighted by molar-refractivity contribution is 5.90. The van der Waals surface area contributed by atoms with Gasteiger partial charge in [0.2, 0.25) is 5.91 Å². The average Bonchev–Trinajstić information content (AvgIpc) is 2.62. The lowest BCUT2D eigenvalue weighted by molar-refractivity contribution is -0.116. The molecule has 0 bridgehead atoms. The minimum atomic E-state index is -0.257. The van der Waals surface area contributed by atoms with Crippen molar-refractivity contribution >= 4 is 22.6 Å². The number of benzene rings is 2. The van der Waals surface area contributed by atoms with Crippen LogP contribution in [0.2, 0.25) is 0 Å². The first-order valence-electron chi connectivity index (χ1n) is 8.16. The van der Waals surface area contributed by atoms with Gasteiger partial charge in [0.1, 0.15) is 11.4 Å². The minimum absolute atomic E-state index is 0.168. The smallest absolute Gasteiger partial charge is 0.270 e. The number of H-pyrrole nitrogens is 1. The number of fused-ring (bicyclic) bond motifs is 1. The number of ether oxygens (including phenoxy) is 1. The largest absolute Gasteiger partial charge is 0.494 e. The van der Waals surface area contributed by atoms with Crippen LogP contribution in [0.3, 0.4) is 0 Å². The lowest BCUT2D eigenvalue weighted by Crippen LogP contribution is -2.19. The molecule has 25 heavy (non-hydrogen) atoms. The topological polar surface area (TPSA) is 84.1 Å². The van der Waals surface area contributed by atoms with E-state index in [1.807, 2.05) is 25.1 Å². The van der Waals surface area contributed by atoms with Gasteiger partial charge in [-0.15, -0.1) is 0 Å². The van der Waals surface area contributed by atoms with E-state index in [1.54, 1.807) is 30.3 Å². The molecule has 2 N–H and O–H groups in total. The molecular weight excluding hydrogens is 318 g/mol. The molecule has 0 fully saturated rings. The maximum absolute atomic E-state index is 12.1. The van der Waals surface area contributed by atoms with E-state index in [0.29, 0.717) is 29.0 Å². The third kappa shape index (κ3) is 4.23. The number of nitrogens with one attached hydrogen (secondary N) is 2. The van der Waals surface area contributed by atoms with Crippen molar-refractivity contribution in [3.8, 4) is 5.75 Å². The van der Waals surface area contributed by atoms with Gasteiger partial charge < -0.3 is 15.0 Å². The van der Waals surface area contributed by atoms with E-state index in [-0.39, 0.29) is 24.3 Å². The molecule has 0 aliphatic heterocycles. The molecule has 3 rings (SSSR count). The lowest BCUT2D eigenvalue weighted by atomic mass is 10.2. The summed E-state index contributed by atoms with van der Waals surface area (Å²) in [5, 5.41) is 2.80. The van der Waals surface area contributed by atoms with Crippen molar-refractivity contribution in [1.29, 1.82) is 0 Å². The fourth-order valence-corrected chi connectivity index (χ4v) is 2.49. The molecule has 0 aliphatic rings. The quantitative estimate of drug-likeness (QED) is 0.724. The highest BCUT2D eigenvalue weighted by Gasteiger charge is 2.08. The van der Waals surface area contributed by atoms with Crippen molar-refractivity contribution < 1.29 is 9.53 Å². The third-order valence-electron chi connectivity index (χ3n) is 3.71. The number of amides is 1. The van der Waals surface area contributed by atoms with Crippen LogP contribution >= 0.6 is 0 Å². The normalized spacial score (nSPS) is 10.6. The Kier molecular flexibility index (Phi) is 5.09. The molecule has 0 spiro atoms. The summed E-state index contributed by atoms with van der Waals surface area (Å²) in [6, 6.07) is 14.5. The van der Waals surface area contributed by atoms with Crippen molar-refractivity contribution in [2.75, 3.05) is 11.9 Å². The van der Waals surface area contributed by atoms with Crippen molar-refractivity contribution in [1.82, 2.24) is 9.97 Å². The van der Waals surface area contributed by atoms with E-state index in [1.165, 1.54) is 0 Å². The van der Waals surface area contributed by atoms with E-state index < -0.39 is 0 Å². The van der Waals surface area contributed by atoms with Gasteiger partial charge >= 0.3 is 0 Å². The predicted octanol–water partition coefficient (Wildman–Crippen LogP) is 2.89. The van der Waals surface area contributed by atoms with Crippen LogP contribution in [0.25, 0.3) is 11.0 Å². The second-order valence-electron chi connectivity index (χ2n) is 5.54. The van der Waals surface area contributed by atoms with Crippen molar-refractivity contribution in [3.05, 3.63) is 64.6 Å². The summed E-state index contributed by atoms with van der Waals surface area (Å²) in [5.74, 6) is 0.589. The molecule has 128 valence electrons. The van der Waals surface area contributed by atoms with E-state index in [4.69, 9.17) is 4.74 Å². The SMILES string of the molecule is CCOc1ccc(NC(=O)CCc2nc3ccccc3[nH]c2=O)cc1.